The van der Waals surface area contributed by atoms with Gasteiger partial charge in [0, 0.05) is 0 Å². The van der Waals surface area contributed by atoms with Crippen LogP contribution in [0.25, 0.3) is 0 Å². The number of carbonyl (C=O) groups excluding carboxylic acids is 2. The molecule has 2 aromatic carbocycles. The third kappa shape index (κ3) is 7.56. The molecular weight excluding hydrogens is 486 g/mol. The molecule has 0 spiro atoms. The van der Waals surface area contributed by atoms with E-state index < -0.39 is 0 Å². The van der Waals surface area contributed by atoms with Crippen molar-refractivity contribution >= 4 is 58.6 Å². The molecule has 2 rings (SSSR count). The molecule has 0 unspecified atom stereocenters. The van der Waals surface area contributed by atoms with Crippen molar-refractivity contribution in [3.63, 3.8) is 0 Å². The molecule has 0 atom stereocenters. The van der Waals surface area contributed by atoms with Gasteiger partial charge in [0.05, 0.1) is 0 Å². The van der Waals surface area contributed by atoms with Crippen molar-refractivity contribution in [3.8, 4) is 0 Å². The first-order valence-corrected chi connectivity index (χ1v) is 15.3. The number of carbonyl (C=O) groups is 2. The van der Waals surface area contributed by atoms with E-state index in [1.807, 2.05) is 50.2 Å². The summed E-state index contributed by atoms with van der Waals surface area (Å²) in [4.78, 5) is 24.0. The summed E-state index contributed by atoms with van der Waals surface area (Å²) in [7, 11) is 0. The number of hydrogen-bond donors (Lipinski definition) is 4. The van der Waals surface area contributed by atoms with Crippen molar-refractivity contribution in [3.05, 3.63) is 48.5 Å². The summed E-state index contributed by atoms with van der Waals surface area (Å²) in [6, 6.07) is 15.5. The molecule has 0 saturated heterocycles. The number of benzene rings is 2. The molecule has 28 heavy (non-hydrogen) atoms. The molecule has 0 heterocycles. The van der Waals surface area contributed by atoms with Crippen LogP contribution in [0.2, 0.25) is 0 Å². The van der Waals surface area contributed by atoms with Crippen LogP contribution in [0.1, 0.15) is 26.7 Å². The van der Waals surface area contributed by atoms with Crippen molar-refractivity contribution < 1.29 is 9.59 Å². The summed E-state index contributed by atoms with van der Waals surface area (Å²) in [5, 5.41) is 11.6. The van der Waals surface area contributed by atoms with Gasteiger partial charge in [0.25, 0.3) is 0 Å². The van der Waals surface area contributed by atoms with Crippen LogP contribution in [0, 0.1) is 0 Å². The molecule has 0 fully saturated rings. The molecule has 6 nitrogen and oxygen atoms in total. The molecular formula is C20H26N4O2Se2. The Morgan fingerprint density at radius 2 is 1.11 bits per heavy atom. The average Bonchev–Trinajstić information content (AvgIpc) is 2.71. The average molecular weight is 512 g/mol. The zero-order chi connectivity index (χ0) is 20.2. The van der Waals surface area contributed by atoms with Gasteiger partial charge in [-0.05, 0) is 0 Å². The molecule has 2 aromatic rings. The summed E-state index contributed by atoms with van der Waals surface area (Å²) in [6.45, 7) is 5.35. The Labute approximate surface area is 177 Å². The fourth-order valence-electron chi connectivity index (χ4n) is 2.19. The van der Waals surface area contributed by atoms with E-state index in [0.717, 1.165) is 33.1 Å². The number of rotatable bonds is 9. The van der Waals surface area contributed by atoms with E-state index in [0.29, 0.717) is 13.1 Å². The normalized spacial score (nSPS) is 10.2. The molecule has 0 radical (unpaired) electrons. The van der Waals surface area contributed by atoms with E-state index in [-0.39, 0.29) is 38.3 Å². The topological polar surface area (TPSA) is 82.3 Å². The van der Waals surface area contributed by atoms with Gasteiger partial charge in [-0.3, -0.25) is 0 Å². The van der Waals surface area contributed by atoms with E-state index >= 15 is 0 Å². The third-order valence-corrected chi connectivity index (χ3v) is 10.8. The van der Waals surface area contributed by atoms with Crippen molar-refractivity contribution in [2.45, 2.75) is 26.7 Å². The molecule has 0 bridgehead atoms. The monoisotopic (exact) mass is 514 g/mol. The molecule has 0 saturated carbocycles. The molecule has 0 aliphatic carbocycles. The summed E-state index contributed by atoms with van der Waals surface area (Å²) >= 11 is 0.332. The van der Waals surface area contributed by atoms with Crippen LogP contribution >= 0.6 is 0 Å². The van der Waals surface area contributed by atoms with Gasteiger partial charge in [-0.25, -0.2) is 0 Å². The van der Waals surface area contributed by atoms with Gasteiger partial charge in [0.1, 0.15) is 0 Å². The molecule has 4 N–H and O–H groups in total. The Morgan fingerprint density at radius 3 is 1.50 bits per heavy atom. The van der Waals surface area contributed by atoms with Crippen LogP contribution in [-0.2, 0) is 0 Å². The van der Waals surface area contributed by atoms with Crippen molar-refractivity contribution in [1.29, 1.82) is 0 Å². The van der Waals surface area contributed by atoms with Crippen molar-refractivity contribution in [2.24, 2.45) is 0 Å². The van der Waals surface area contributed by atoms with Crippen LogP contribution in [-0.4, -0.2) is 51.4 Å². The van der Waals surface area contributed by atoms with E-state index in [1.54, 1.807) is 0 Å². The van der Waals surface area contributed by atoms with Crippen LogP contribution in [0.15, 0.2) is 48.5 Å². The summed E-state index contributed by atoms with van der Waals surface area (Å²) < 4.78 is 2.29. The van der Waals surface area contributed by atoms with Gasteiger partial charge in [-0.15, -0.1) is 0 Å². The van der Waals surface area contributed by atoms with E-state index in [4.69, 9.17) is 0 Å². The number of amides is 4. The number of urea groups is 2. The Hall–Kier alpha value is -1.98. The first-order chi connectivity index (χ1) is 13.6. The number of hydrogen-bond acceptors (Lipinski definition) is 2. The molecule has 0 aliphatic rings. The second-order valence-corrected chi connectivity index (χ2v) is 12.1. The number of nitrogens with one attached hydrogen (secondary N) is 4. The second-order valence-electron chi connectivity index (χ2n) is 5.92. The molecule has 4 amide bonds. The number of para-hydroxylation sites is 2. The molecule has 8 heteroatoms. The van der Waals surface area contributed by atoms with E-state index in [2.05, 4.69) is 33.4 Å². The molecule has 0 aromatic heterocycles. The van der Waals surface area contributed by atoms with Crippen LogP contribution < -0.4 is 30.2 Å². The van der Waals surface area contributed by atoms with Gasteiger partial charge in [0.2, 0.25) is 0 Å². The van der Waals surface area contributed by atoms with Gasteiger partial charge >= 0.3 is 178 Å². The maximum atomic E-state index is 12.0. The Balaban J connectivity index is 2.03. The first-order valence-electron chi connectivity index (χ1n) is 9.26. The zero-order valence-corrected chi connectivity index (χ0v) is 19.5. The standard InChI is InChI=1S/C20H26N4O2Se2/c1-3-13-21-19(25)23-15-9-5-7-11-17(15)27-28-18-12-8-6-10-16(18)24-20(26)22-14-4-2/h5-12H,3-4,13-14H2,1-2H3,(H2,21,23,25)(H2,22,24,26). The molecule has 150 valence electrons. The Kier molecular flexibility index (Phi) is 9.94. The van der Waals surface area contributed by atoms with E-state index in [9.17, 15) is 9.59 Å². The van der Waals surface area contributed by atoms with E-state index in [1.165, 1.54) is 0 Å². The summed E-state index contributed by atoms with van der Waals surface area (Å²) in [5.74, 6) is 0. The van der Waals surface area contributed by atoms with Crippen molar-refractivity contribution in [2.75, 3.05) is 23.7 Å². The van der Waals surface area contributed by atoms with Gasteiger partial charge in [-0.2, -0.15) is 0 Å². The summed E-state index contributed by atoms with van der Waals surface area (Å²) in [6.07, 6.45) is 1.80. The fourth-order valence-corrected chi connectivity index (χ4v) is 9.13. The Bertz CT molecular complexity index is 721. The third-order valence-electron chi connectivity index (χ3n) is 3.56. The number of anilines is 2. The van der Waals surface area contributed by atoms with Crippen LogP contribution in [0.4, 0.5) is 21.0 Å². The SMILES string of the molecule is CCCNC(=O)Nc1ccccc1[Se][Se]c1ccccc1NC(=O)NCCC. The zero-order valence-electron chi connectivity index (χ0n) is 16.1. The summed E-state index contributed by atoms with van der Waals surface area (Å²) in [5.41, 5.74) is 1.70. The Morgan fingerprint density at radius 1 is 0.714 bits per heavy atom. The minimum absolute atomic E-state index is 0.166. The maximum absolute atomic E-state index is 12.0. The molecule has 0 aliphatic heterocycles. The fraction of sp³-hybridized carbons (Fsp3) is 0.300. The first kappa shape index (κ1) is 22.3. The van der Waals surface area contributed by atoms with Crippen LogP contribution in [0.5, 0.6) is 0 Å². The predicted octanol–water partition coefficient (Wildman–Crippen LogP) is 2.02. The predicted molar refractivity (Wildman–Crippen MR) is 118 cm³/mol. The quantitative estimate of drug-likeness (QED) is 0.388. The van der Waals surface area contributed by atoms with Gasteiger partial charge in [-0.1, -0.05) is 0 Å². The van der Waals surface area contributed by atoms with Gasteiger partial charge < -0.3 is 0 Å². The van der Waals surface area contributed by atoms with Crippen LogP contribution in [0.3, 0.4) is 0 Å². The second kappa shape index (κ2) is 12.5. The van der Waals surface area contributed by atoms with Crippen molar-refractivity contribution in [1.82, 2.24) is 10.6 Å². The van der Waals surface area contributed by atoms with Gasteiger partial charge in [0.15, 0.2) is 0 Å². The minimum atomic E-state index is -0.174.